The van der Waals surface area contributed by atoms with Crippen molar-refractivity contribution in [3.8, 4) is 0 Å². The van der Waals surface area contributed by atoms with E-state index in [9.17, 15) is 0 Å². The van der Waals surface area contributed by atoms with E-state index in [0.717, 1.165) is 13.1 Å². The molecule has 0 aliphatic rings. The molecule has 0 radical (unpaired) electrons. The Morgan fingerprint density at radius 3 is 2.21 bits per heavy atom. The minimum absolute atomic E-state index is 0.208. The first-order chi connectivity index (χ1) is 8.83. The molecule has 0 atom stereocenters. The summed E-state index contributed by atoms with van der Waals surface area (Å²) in [4.78, 5) is 0. The first-order valence-electron chi connectivity index (χ1n) is 7.68. The van der Waals surface area contributed by atoms with Crippen molar-refractivity contribution in [2.45, 2.75) is 71.4 Å². The maximum atomic E-state index is 5.42. The van der Waals surface area contributed by atoms with Crippen LogP contribution in [0.2, 0.25) is 0 Å². The van der Waals surface area contributed by atoms with Gasteiger partial charge in [0.25, 0.3) is 0 Å². The topological polar surface area (TPSA) is 50.1 Å². The molecule has 0 aromatic heterocycles. The SMILES string of the molecule is CCC(C)(C)NCCCCC(C)(C)NC/C=C\CN. The summed E-state index contributed by atoms with van der Waals surface area (Å²) in [5.41, 5.74) is 5.90. The first-order valence-corrected chi connectivity index (χ1v) is 7.68. The van der Waals surface area contributed by atoms with Crippen LogP contribution in [-0.2, 0) is 0 Å². The molecule has 0 aromatic rings. The van der Waals surface area contributed by atoms with Crippen molar-refractivity contribution in [3.05, 3.63) is 12.2 Å². The van der Waals surface area contributed by atoms with Crippen molar-refractivity contribution in [2.75, 3.05) is 19.6 Å². The number of hydrogen-bond donors (Lipinski definition) is 3. The van der Waals surface area contributed by atoms with E-state index in [4.69, 9.17) is 5.73 Å². The van der Waals surface area contributed by atoms with Crippen LogP contribution in [0.25, 0.3) is 0 Å². The van der Waals surface area contributed by atoms with E-state index in [1.54, 1.807) is 0 Å². The van der Waals surface area contributed by atoms with Crippen molar-refractivity contribution >= 4 is 0 Å². The van der Waals surface area contributed by atoms with Crippen LogP contribution < -0.4 is 16.4 Å². The average Bonchev–Trinajstić information content (AvgIpc) is 2.34. The molecule has 0 aliphatic heterocycles. The highest BCUT2D eigenvalue weighted by Gasteiger charge is 2.16. The van der Waals surface area contributed by atoms with Crippen LogP contribution in [-0.4, -0.2) is 30.7 Å². The van der Waals surface area contributed by atoms with Crippen LogP contribution >= 0.6 is 0 Å². The first kappa shape index (κ1) is 18.6. The molecule has 0 aromatic carbocycles. The van der Waals surface area contributed by atoms with Crippen molar-refractivity contribution in [1.29, 1.82) is 0 Å². The van der Waals surface area contributed by atoms with Gasteiger partial charge in [0.1, 0.15) is 0 Å². The fourth-order valence-electron chi connectivity index (χ4n) is 1.85. The number of unbranched alkanes of at least 4 members (excludes halogenated alkanes) is 1. The van der Waals surface area contributed by atoms with Crippen molar-refractivity contribution in [2.24, 2.45) is 5.73 Å². The van der Waals surface area contributed by atoms with Gasteiger partial charge in [0.2, 0.25) is 0 Å². The van der Waals surface area contributed by atoms with Crippen LogP contribution in [0, 0.1) is 0 Å². The summed E-state index contributed by atoms with van der Waals surface area (Å²) in [5, 5.41) is 7.16. The van der Waals surface area contributed by atoms with Gasteiger partial charge in [-0.15, -0.1) is 0 Å². The van der Waals surface area contributed by atoms with E-state index >= 15 is 0 Å². The van der Waals surface area contributed by atoms with Crippen LogP contribution in [0.1, 0.15) is 60.3 Å². The van der Waals surface area contributed by atoms with Gasteiger partial charge in [-0.2, -0.15) is 0 Å². The van der Waals surface area contributed by atoms with Gasteiger partial charge in [-0.05, 0) is 53.5 Å². The van der Waals surface area contributed by atoms with Crippen LogP contribution in [0.4, 0.5) is 0 Å². The summed E-state index contributed by atoms with van der Waals surface area (Å²) in [7, 11) is 0. The van der Waals surface area contributed by atoms with Crippen molar-refractivity contribution < 1.29 is 0 Å². The smallest absolute Gasteiger partial charge is 0.0140 e. The Bertz CT molecular complexity index is 244. The zero-order chi connectivity index (χ0) is 14.8. The van der Waals surface area contributed by atoms with Gasteiger partial charge in [0, 0.05) is 24.2 Å². The molecule has 0 amide bonds. The molecule has 0 saturated heterocycles. The van der Waals surface area contributed by atoms with Gasteiger partial charge >= 0.3 is 0 Å². The average molecular weight is 269 g/mol. The second kappa shape index (κ2) is 9.51. The highest BCUT2D eigenvalue weighted by atomic mass is 15.0. The molecule has 0 spiro atoms. The zero-order valence-electron chi connectivity index (χ0n) is 13.7. The lowest BCUT2D eigenvalue weighted by atomic mass is 9.96. The molecule has 0 heterocycles. The molecule has 4 N–H and O–H groups in total. The molecular formula is C16H35N3. The Morgan fingerprint density at radius 1 is 0.947 bits per heavy atom. The van der Waals surface area contributed by atoms with Crippen LogP contribution in [0.5, 0.6) is 0 Å². The normalized spacial score (nSPS) is 13.4. The lowest BCUT2D eigenvalue weighted by Crippen LogP contribution is -2.40. The molecule has 0 bridgehead atoms. The largest absolute Gasteiger partial charge is 0.327 e. The molecule has 0 rings (SSSR count). The molecule has 3 heteroatoms. The predicted molar refractivity (Wildman–Crippen MR) is 86.5 cm³/mol. The van der Waals surface area contributed by atoms with Gasteiger partial charge in [-0.1, -0.05) is 25.5 Å². The molecule has 19 heavy (non-hydrogen) atoms. The van der Waals surface area contributed by atoms with E-state index in [0.29, 0.717) is 6.54 Å². The Balaban J connectivity index is 3.66. The van der Waals surface area contributed by atoms with E-state index in [-0.39, 0.29) is 11.1 Å². The van der Waals surface area contributed by atoms with E-state index in [1.165, 1.54) is 25.7 Å². The Labute approximate surface area is 120 Å². The summed E-state index contributed by atoms with van der Waals surface area (Å²) in [6.07, 6.45) is 8.98. The molecule has 3 nitrogen and oxygen atoms in total. The van der Waals surface area contributed by atoms with Crippen molar-refractivity contribution in [3.63, 3.8) is 0 Å². The van der Waals surface area contributed by atoms with Gasteiger partial charge < -0.3 is 16.4 Å². The zero-order valence-corrected chi connectivity index (χ0v) is 13.7. The summed E-state index contributed by atoms with van der Waals surface area (Å²) < 4.78 is 0. The Hall–Kier alpha value is -0.380. The minimum Gasteiger partial charge on any atom is -0.327 e. The predicted octanol–water partition coefficient (Wildman–Crippen LogP) is 2.82. The molecular weight excluding hydrogens is 234 g/mol. The quantitative estimate of drug-likeness (QED) is 0.399. The maximum absolute atomic E-state index is 5.42. The molecule has 114 valence electrons. The summed E-state index contributed by atoms with van der Waals surface area (Å²) in [6.45, 7) is 14.0. The van der Waals surface area contributed by atoms with Crippen LogP contribution in [0.3, 0.4) is 0 Å². The third kappa shape index (κ3) is 11.2. The summed E-state index contributed by atoms with van der Waals surface area (Å²) >= 11 is 0. The van der Waals surface area contributed by atoms with Gasteiger partial charge in [-0.25, -0.2) is 0 Å². The number of nitrogens with two attached hydrogens (primary N) is 1. The summed E-state index contributed by atoms with van der Waals surface area (Å²) in [6, 6.07) is 0. The molecule has 0 fully saturated rings. The second-order valence-corrected chi connectivity index (χ2v) is 6.59. The molecule has 0 unspecified atom stereocenters. The number of nitrogens with one attached hydrogen (secondary N) is 2. The Kier molecular flexibility index (Phi) is 9.32. The molecule has 0 aliphatic carbocycles. The molecule has 0 saturated carbocycles. The second-order valence-electron chi connectivity index (χ2n) is 6.59. The van der Waals surface area contributed by atoms with E-state index in [2.05, 4.69) is 51.3 Å². The van der Waals surface area contributed by atoms with Gasteiger partial charge in [0.15, 0.2) is 0 Å². The van der Waals surface area contributed by atoms with E-state index < -0.39 is 0 Å². The summed E-state index contributed by atoms with van der Waals surface area (Å²) in [5.74, 6) is 0. The highest BCUT2D eigenvalue weighted by Crippen LogP contribution is 2.13. The third-order valence-corrected chi connectivity index (χ3v) is 3.72. The van der Waals surface area contributed by atoms with Crippen molar-refractivity contribution in [1.82, 2.24) is 10.6 Å². The standard InChI is InChI=1S/C16H35N3/c1-6-15(2,3)18-13-9-7-11-16(4,5)19-14-10-8-12-17/h8,10,18-19H,6-7,9,11-14,17H2,1-5H3/b10-8-. The fourth-order valence-corrected chi connectivity index (χ4v) is 1.85. The van der Waals surface area contributed by atoms with E-state index in [1.807, 2.05) is 6.08 Å². The minimum atomic E-state index is 0.208. The monoisotopic (exact) mass is 269 g/mol. The lowest BCUT2D eigenvalue weighted by molar-refractivity contribution is 0.342. The number of hydrogen-bond acceptors (Lipinski definition) is 3. The Morgan fingerprint density at radius 2 is 1.63 bits per heavy atom. The van der Waals surface area contributed by atoms with Gasteiger partial charge in [0.05, 0.1) is 0 Å². The lowest BCUT2D eigenvalue weighted by Gasteiger charge is -2.27. The number of rotatable bonds is 11. The maximum Gasteiger partial charge on any atom is 0.0140 e. The highest BCUT2D eigenvalue weighted by molar-refractivity contribution is 4.88. The van der Waals surface area contributed by atoms with Crippen LogP contribution in [0.15, 0.2) is 12.2 Å². The van der Waals surface area contributed by atoms with Gasteiger partial charge in [-0.3, -0.25) is 0 Å². The fraction of sp³-hybridized carbons (Fsp3) is 0.875. The third-order valence-electron chi connectivity index (χ3n) is 3.72.